The van der Waals surface area contributed by atoms with E-state index in [1.54, 1.807) is 115 Å². The Hall–Kier alpha value is -7.15. The highest BCUT2D eigenvalue weighted by Crippen LogP contribution is 2.24. The Kier molecular flexibility index (Phi) is 13.5. The maximum atomic E-state index is 14.5. The average Bonchev–Trinajstić information content (AvgIpc) is 3.58. The minimum atomic E-state index is -1.10. The Morgan fingerprint density at radius 3 is 1.20 bits per heavy atom. The zero-order valence-electron chi connectivity index (χ0n) is 34.6. The molecule has 1 heterocycles. The number of fused-ring (bicyclic) bond motifs is 1. The largest absolute Gasteiger partial charge is 0.497 e. The number of amides is 4. The topological polar surface area (TPSA) is 144 Å². The molecule has 0 saturated heterocycles. The number of hydrogen-bond donors (Lipinski definition) is 2. The highest BCUT2D eigenvalue weighted by molar-refractivity contribution is 6.00. The van der Waals surface area contributed by atoms with Crippen molar-refractivity contribution in [1.82, 2.24) is 19.8 Å². The van der Waals surface area contributed by atoms with Crippen LogP contribution in [0.1, 0.15) is 37.1 Å². The Labute approximate surface area is 349 Å². The van der Waals surface area contributed by atoms with Gasteiger partial charge in [0.2, 0.25) is 23.6 Å². The van der Waals surface area contributed by atoms with Crippen LogP contribution in [0.25, 0.3) is 11.0 Å². The standard InChI is InChI=1S/C47H50N6O7/c1-31(43(54)48-39(29-33-15-9-7-10-16-33)45(56)50(3)35-21-25-37(59-5)26-22-35)52-41-19-13-14-20-42(41)53(47(52)58)32(2)44(55)49-40(30-34-17-11-8-12-18-34)46(57)51(4)36-23-27-38(60-6)28-24-36/h7-28,31-32,39-40H,29-30H2,1-6H3,(H,48,54)(H,49,55)/t31?,32?,39-,40?/m0/s1. The summed E-state index contributed by atoms with van der Waals surface area (Å²) in [6.45, 7) is 3.16. The number of nitrogens with one attached hydrogen (secondary N) is 2. The number of likely N-dealkylation sites (N-methyl/N-ethyl adjacent to an activating group) is 2. The molecule has 2 N–H and O–H groups in total. The SMILES string of the molecule is COc1ccc(N(C)C(=O)C(Cc2ccccc2)NC(=O)C(C)n2c(=O)n(C(C)C(=O)N[C@@H](Cc3ccccc3)C(=O)N(C)c3ccc(OC)cc3)c3ccccc32)cc1. The van der Waals surface area contributed by atoms with E-state index in [1.807, 2.05) is 60.7 Å². The van der Waals surface area contributed by atoms with Gasteiger partial charge in [-0.15, -0.1) is 0 Å². The third kappa shape index (κ3) is 9.42. The van der Waals surface area contributed by atoms with Crippen molar-refractivity contribution in [3.8, 4) is 11.5 Å². The van der Waals surface area contributed by atoms with E-state index < -0.39 is 41.7 Å². The van der Waals surface area contributed by atoms with Crippen molar-refractivity contribution in [3.63, 3.8) is 0 Å². The minimum Gasteiger partial charge on any atom is -0.497 e. The summed E-state index contributed by atoms with van der Waals surface area (Å²) >= 11 is 0. The average molecular weight is 811 g/mol. The van der Waals surface area contributed by atoms with Gasteiger partial charge in [-0.3, -0.25) is 28.3 Å². The third-order valence-corrected chi connectivity index (χ3v) is 10.7. The summed E-state index contributed by atoms with van der Waals surface area (Å²) in [7, 11) is 6.39. The van der Waals surface area contributed by atoms with Gasteiger partial charge in [0.1, 0.15) is 35.7 Å². The van der Waals surface area contributed by atoms with Crippen LogP contribution in [0.4, 0.5) is 11.4 Å². The lowest BCUT2D eigenvalue weighted by atomic mass is 10.0. The van der Waals surface area contributed by atoms with Crippen LogP contribution >= 0.6 is 0 Å². The number of methoxy groups -OCH3 is 2. The van der Waals surface area contributed by atoms with Gasteiger partial charge in [0.25, 0.3) is 0 Å². The van der Waals surface area contributed by atoms with Crippen molar-refractivity contribution in [1.29, 1.82) is 0 Å². The van der Waals surface area contributed by atoms with Crippen molar-refractivity contribution < 1.29 is 28.7 Å². The second-order valence-corrected chi connectivity index (χ2v) is 14.6. The first kappa shape index (κ1) is 42.5. The monoisotopic (exact) mass is 810 g/mol. The Bertz CT molecular complexity index is 2310. The van der Waals surface area contributed by atoms with Gasteiger partial charge in [-0.2, -0.15) is 0 Å². The molecule has 1 aromatic heterocycles. The molecule has 4 amide bonds. The summed E-state index contributed by atoms with van der Waals surface area (Å²) in [4.78, 5) is 74.0. The fourth-order valence-electron chi connectivity index (χ4n) is 7.19. The van der Waals surface area contributed by atoms with Gasteiger partial charge in [-0.25, -0.2) is 4.79 Å². The molecule has 4 atom stereocenters. The van der Waals surface area contributed by atoms with Gasteiger partial charge < -0.3 is 29.9 Å². The normalized spacial score (nSPS) is 13.0. The smallest absolute Gasteiger partial charge is 0.330 e. The Balaban J connectivity index is 1.27. The first-order valence-corrected chi connectivity index (χ1v) is 19.6. The van der Waals surface area contributed by atoms with Crippen molar-refractivity contribution in [2.45, 2.75) is 50.9 Å². The molecule has 0 aliphatic heterocycles. The first-order chi connectivity index (χ1) is 28.9. The molecule has 60 heavy (non-hydrogen) atoms. The van der Waals surface area contributed by atoms with Crippen molar-refractivity contribution >= 4 is 46.0 Å². The lowest BCUT2D eigenvalue weighted by molar-refractivity contribution is -0.129. The third-order valence-electron chi connectivity index (χ3n) is 10.7. The number of hydrogen-bond acceptors (Lipinski definition) is 7. The van der Waals surface area contributed by atoms with Crippen LogP contribution in [0.2, 0.25) is 0 Å². The number of imidazole rings is 1. The lowest BCUT2D eigenvalue weighted by Crippen LogP contribution is -2.51. The first-order valence-electron chi connectivity index (χ1n) is 19.6. The molecule has 3 unspecified atom stereocenters. The number of anilines is 2. The van der Waals surface area contributed by atoms with Gasteiger partial charge >= 0.3 is 5.69 Å². The molecule has 6 aromatic rings. The molecule has 310 valence electrons. The van der Waals surface area contributed by atoms with Gasteiger partial charge in [-0.1, -0.05) is 72.8 Å². The highest BCUT2D eigenvalue weighted by Gasteiger charge is 2.33. The summed E-state index contributed by atoms with van der Waals surface area (Å²) in [5.74, 6) is -0.577. The summed E-state index contributed by atoms with van der Waals surface area (Å²) in [5, 5.41) is 5.86. The maximum Gasteiger partial charge on any atom is 0.330 e. The summed E-state index contributed by atoms with van der Waals surface area (Å²) in [5.41, 5.74) is 3.11. The van der Waals surface area contributed by atoms with Crippen molar-refractivity contribution in [2.75, 3.05) is 38.1 Å². The number of aromatic nitrogens is 2. The molecule has 0 aliphatic rings. The number of ether oxygens (including phenoxy) is 2. The summed E-state index contributed by atoms with van der Waals surface area (Å²) in [6, 6.07) is 35.4. The quantitative estimate of drug-likeness (QED) is 0.127. The van der Waals surface area contributed by atoms with Crippen molar-refractivity contribution in [3.05, 3.63) is 155 Å². The molecule has 6 rings (SSSR count). The molecule has 0 radical (unpaired) electrons. The van der Waals surface area contributed by atoms with Gasteiger partial charge in [0.15, 0.2) is 0 Å². The van der Waals surface area contributed by atoms with Crippen LogP contribution in [-0.4, -0.2) is 73.2 Å². The summed E-state index contributed by atoms with van der Waals surface area (Å²) in [6.07, 6.45) is 0.395. The van der Waals surface area contributed by atoms with Gasteiger partial charge in [-0.05, 0) is 85.6 Å². The van der Waals surface area contributed by atoms with Crippen LogP contribution < -0.4 is 35.6 Å². The minimum absolute atomic E-state index is 0.197. The number of benzene rings is 5. The lowest BCUT2D eigenvalue weighted by Gasteiger charge is -2.26. The van der Waals surface area contributed by atoms with E-state index in [-0.39, 0.29) is 24.7 Å². The molecular formula is C47H50N6O7. The molecule has 0 bridgehead atoms. The van der Waals surface area contributed by atoms with E-state index in [0.29, 0.717) is 33.9 Å². The maximum absolute atomic E-state index is 14.5. The second kappa shape index (κ2) is 19.1. The van der Waals surface area contributed by atoms with Gasteiger partial charge in [0.05, 0.1) is 25.3 Å². The van der Waals surface area contributed by atoms with Gasteiger partial charge in [0, 0.05) is 38.3 Å². The predicted octanol–water partition coefficient (Wildman–Crippen LogP) is 5.72. The number of para-hydroxylation sites is 2. The molecule has 0 aliphatic carbocycles. The van der Waals surface area contributed by atoms with E-state index >= 15 is 0 Å². The number of carbonyl (C=O) groups is 4. The zero-order chi connectivity index (χ0) is 42.9. The summed E-state index contributed by atoms with van der Waals surface area (Å²) < 4.78 is 13.2. The fraction of sp³-hybridized carbons (Fsp3) is 0.255. The van der Waals surface area contributed by atoms with Crippen LogP contribution in [0.5, 0.6) is 11.5 Å². The van der Waals surface area contributed by atoms with Crippen LogP contribution in [0.15, 0.2) is 138 Å². The van der Waals surface area contributed by atoms with E-state index in [4.69, 9.17) is 9.47 Å². The number of carbonyl (C=O) groups excluding carboxylic acids is 4. The van der Waals surface area contributed by atoms with E-state index in [0.717, 1.165) is 11.1 Å². The Morgan fingerprint density at radius 2 is 0.867 bits per heavy atom. The molecule has 0 fully saturated rings. The molecule has 13 nitrogen and oxygen atoms in total. The second-order valence-electron chi connectivity index (χ2n) is 14.6. The van der Waals surface area contributed by atoms with Crippen LogP contribution in [-0.2, 0) is 32.0 Å². The molecule has 0 saturated carbocycles. The van der Waals surface area contributed by atoms with E-state index in [1.165, 1.54) is 18.9 Å². The van der Waals surface area contributed by atoms with Crippen LogP contribution in [0.3, 0.4) is 0 Å². The zero-order valence-corrected chi connectivity index (χ0v) is 34.6. The van der Waals surface area contributed by atoms with E-state index in [9.17, 15) is 24.0 Å². The number of rotatable bonds is 16. The van der Waals surface area contributed by atoms with Crippen LogP contribution in [0, 0.1) is 0 Å². The fourth-order valence-corrected chi connectivity index (χ4v) is 7.19. The molecule has 0 spiro atoms. The predicted molar refractivity (Wildman–Crippen MR) is 233 cm³/mol. The highest BCUT2D eigenvalue weighted by atomic mass is 16.5. The molecular weight excluding hydrogens is 761 g/mol. The van der Waals surface area contributed by atoms with Crippen molar-refractivity contribution in [2.24, 2.45) is 0 Å². The number of nitrogens with zero attached hydrogens (tertiary/aromatic N) is 4. The molecule has 13 heteroatoms. The molecule has 5 aromatic carbocycles. The Morgan fingerprint density at radius 1 is 0.533 bits per heavy atom. The van der Waals surface area contributed by atoms with E-state index in [2.05, 4.69) is 10.6 Å².